The topological polar surface area (TPSA) is 108 Å². The minimum Gasteiger partial charge on any atom is -0.496 e. The quantitative estimate of drug-likeness (QED) is 0.466. The fourth-order valence-corrected chi connectivity index (χ4v) is 2.33. The van der Waals surface area contributed by atoms with Crippen molar-refractivity contribution in [3.8, 4) is 5.75 Å². The highest BCUT2D eigenvalue weighted by atomic mass is 35.5. The molecule has 2 rings (SSSR count). The summed E-state index contributed by atoms with van der Waals surface area (Å²) in [6.45, 7) is 1.86. The maximum Gasteiger partial charge on any atom is 0.341 e. The van der Waals surface area contributed by atoms with Gasteiger partial charge >= 0.3 is 5.97 Å². The number of nitro benzene ring substituents is 1. The number of nitrogens with one attached hydrogen (secondary N) is 1. The van der Waals surface area contributed by atoms with E-state index in [9.17, 15) is 19.7 Å². The van der Waals surface area contributed by atoms with Crippen LogP contribution < -0.4 is 10.1 Å². The zero-order valence-electron chi connectivity index (χ0n) is 13.9. The van der Waals surface area contributed by atoms with E-state index in [-0.39, 0.29) is 39.9 Å². The monoisotopic (exact) mass is 378 g/mol. The van der Waals surface area contributed by atoms with Gasteiger partial charge in [0.2, 0.25) is 0 Å². The zero-order valence-corrected chi connectivity index (χ0v) is 14.7. The first-order valence-corrected chi connectivity index (χ1v) is 7.85. The highest BCUT2D eigenvalue weighted by Crippen LogP contribution is 2.32. The average molecular weight is 379 g/mol. The molecule has 0 saturated heterocycles. The predicted octanol–water partition coefficient (Wildman–Crippen LogP) is 3.69. The molecular weight excluding hydrogens is 364 g/mol. The van der Waals surface area contributed by atoms with Crippen LogP contribution in [-0.4, -0.2) is 30.5 Å². The molecule has 0 fully saturated rings. The van der Waals surface area contributed by atoms with Crippen LogP contribution in [0, 0.1) is 10.1 Å². The van der Waals surface area contributed by atoms with Crippen molar-refractivity contribution < 1.29 is 24.0 Å². The van der Waals surface area contributed by atoms with E-state index >= 15 is 0 Å². The number of halogens is 1. The summed E-state index contributed by atoms with van der Waals surface area (Å²) in [5, 5.41) is 13.3. The first-order valence-electron chi connectivity index (χ1n) is 7.47. The summed E-state index contributed by atoms with van der Waals surface area (Å²) in [5.74, 6) is -0.931. The lowest BCUT2D eigenvalue weighted by Gasteiger charge is -2.13. The normalized spacial score (nSPS) is 10.1. The summed E-state index contributed by atoms with van der Waals surface area (Å²) in [5.41, 5.74) is 0.438. The molecule has 0 saturated carbocycles. The standard InChI is InChI=1S/C17H15ClN2O6/c1-3-26-17(22)12-8-13(18)14(9-15(12)25-2)19-16(21)10-4-6-11(7-5-10)20(23)24/h4-9H,3H2,1-2H3,(H,19,21). The Kier molecular flexibility index (Phi) is 6.13. The fourth-order valence-electron chi connectivity index (χ4n) is 2.12. The summed E-state index contributed by atoms with van der Waals surface area (Å²) in [6, 6.07) is 7.83. The van der Waals surface area contributed by atoms with Crippen LogP contribution in [0.15, 0.2) is 36.4 Å². The van der Waals surface area contributed by atoms with Crippen LogP contribution in [-0.2, 0) is 4.74 Å². The van der Waals surface area contributed by atoms with Gasteiger partial charge in [-0.15, -0.1) is 0 Å². The number of rotatable bonds is 6. The molecule has 0 aliphatic rings. The van der Waals surface area contributed by atoms with Crippen molar-refractivity contribution in [1.29, 1.82) is 0 Å². The van der Waals surface area contributed by atoms with Gasteiger partial charge in [0, 0.05) is 23.8 Å². The summed E-state index contributed by atoms with van der Waals surface area (Å²) < 4.78 is 10.1. The van der Waals surface area contributed by atoms with Gasteiger partial charge in [-0.25, -0.2) is 4.79 Å². The molecule has 9 heteroatoms. The summed E-state index contributed by atoms with van der Waals surface area (Å²) in [6.07, 6.45) is 0. The number of non-ortho nitro benzene ring substituents is 1. The molecule has 2 aromatic rings. The summed E-state index contributed by atoms with van der Waals surface area (Å²) in [4.78, 5) is 34.3. The average Bonchev–Trinajstić information content (AvgIpc) is 2.63. The van der Waals surface area contributed by atoms with E-state index in [0.29, 0.717) is 0 Å². The lowest BCUT2D eigenvalue weighted by Crippen LogP contribution is -2.13. The molecule has 0 aliphatic carbocycles. The Morgan fingerprint density at radius 2 is 1.88 bits per heavy atom. The second-order valence-corrected chi connectivity index (χ2v) is 5.42. The highest BCUT2D eigenvalue weighted by molar-refractivity contribution is 6.34. The number of hydrogen-bond donors (Lipinski definition) is 1. The first kappa shape index (κ1) is 19.2. The van der Waals surface area contributed by atoms with Crippen molar-refractivity contribution in [2.45, 2.75) is 6.92 Å². The van der Waals surface area contributed by atoms with Crippen LogP contribution >= 0.6 is 11.6 Å². The van der Waals surface area contributed by atoms with E-state index < -0.39 is 16.8 Å². The van der Waals surface area contributed by atoms with E-state index in [0.717, 1.165) is 0 Å². The second kappa shape index (κ2) is 8.30. The van der Waals surface area contributed by atoms with Crippen molar-refractivity contribution in [1.82, 2.24) is 0 Å². The number of methoxy groups -OCH3 is 1. The van der Waals surface area contributed by atoms with E-state index in [1.54, 1.807) is 6.92 Å². The third kappa shape index (κ3) is 4.28. The van der Waals surface area contributed by atoms with Crippen LogP contribution in [0.5, 0.6) is 5.75 Å². The van der Waals surface area contributed by atoms with Crippen molar-refractivity contribution in [3.63, 3.8) is 0 Å². The van der Waals surface area contributed by atoms with Gasteiger partial charge in [0.15, 0.2) is 0 Å². The minimum absolute atomic E-state index is 0.115. The Hall–Kier alpha value is -3.13. The second-order valence-electron chi connectivity index (χ2n) is 5.01. The third-order valence-corrected chi connectivity index (χ3v) is 3.69. The van der Waals surface area contributed by atoms with Crippen LogP contribution in [0.2, 0.25) is 5.02 Å². The van der Waals surface area contributed by atoms with Gasteiger partial charge in [0.05, 0.1) is 29.4 Å². The van der Waals surface area contributed by atoms with Crippen molar-refractivity contribution in [3.05, 3.63) is 62.7 Å². The third-order valence-electron chi connectivity index (χ3n) is 3.37. The van der Waals surface area contributed by atoms with E-state index in [1.807, 2.05) is 0 Å². The maximum atomic E-state index is 12.3. The van der Waals surface area contributed by atoms with Crippen LogP contribution in [0.4, 0.5) is 11.4 Å². The molecule has 0 radical (unpaired) electrons. The Balaban J connectivity index is 2.27. The summed E-state index contributed by atoms with van der Waals surface area (Å²) in [7, 11) is 1.37. The van der Waals surface area contributed by atoms with Gasteiger partial charge in [0.25, 0.3) is 11.6 Å². The largest absolute Gasteiger partial charge is 0.496 e. The van der Waals surface area contributed by atoms with Crippen LogP contribution in [0.1, 0.15) is 27.6 Å². The van der Waals surface area contributed by atoms with Gasteiger partial charge in [-0.3, -0.25) is 14.9 Å². The number of carbonyl (C=O) groups excluding carboxylic acids is 2. The molecule has 0 spiro atoms. The van der Waals surface area contributed by atoms with Gasteiger partial charge in [-0.05, 0) is 25.1 Å². The number of nitrogens with zero attached hydrogens (tertiary/aromatic N) is 1. The molecular formula is C17H15ClN2O6. The molecule has 2 aromatic carbocycles. The Bertz CT molecular complexity index is 851. The maximum absolute atomic E-state index is 12.3. The van der Waals surface area contributed by atoms with E-state index in [4.69, 9.17) is 21.1 Å². The fraction of sp³-hybridized carbons (Fsp3) is 0.176. The molecule has 0 aliphatic heterocycles. The van der Waals surface area contributed by atoms with Crippen LogP contribution in [0.25, 0.3) is 0 Å². The molecule has 0 atom stereocenters. The van der Waals surface area contributed by atoms with Crippen molar-refractivity contribution >= 4 is 34.9 Å². The lowest BCUT2D eigenvalue weighted by atomic mass is 10.1. The Labute approximate surface area is 153 Å². The van der Waals surface area contributed by atoms with E-state index in [2.05, 4.69) is 5.32 Å². The molecule has 8 nitrogen and oxygen atoms in total. The molecule has 1 amide bonds. The minimum atomic E-state index is -0.598. The van der Waals surface area contributed by atoms with Gasteiger partial charge in [-0.2, -0.15) is 0 Å². The lowest BCUT2D eigenvalue weighted by molar-refractivity contribution is -0.384. The van der Waals surface area contributed by atoms with Gasteiger partial charge < -0.3 is 14.8 Å². The van der Waals surface area contributed by atoms with E-state index in [1.165, 1.54) is 43.5 Å². The molecule has 0 unspecified atom stereocenters. The molecule has 1 N–H and O–H groups in total. The van der Waals surface area contributed by atoms with Gasteiger partial charge in [0.1, 0.15) is 11.3 Å². The van der Waals surface area contributed by atoms with Crippen molar-refractivity contribution in [2.75, 3.05) is 19.0 Å². The number of carbonyl (C=O) groups is 2. The number of anilines is 1. The Morgan fingerprint density at radius 3 is 2.42 bits per heavy atom. The number of esters is 1. The number of benzene rings is 2. The number of amides is 1. The number of nitro groups is 1. The SMILES string of the molecule is CCOC(=O)c1cc(Cl)c(NC(=O)c2ccc([N+](=O)[O-])cc2)cc1OC. The Morgan fingerprint density at radius 1 is 1.23 bits per heavy atom. The molecule has 0 heterocycles. The molecule has 136 valence electrons. The highest BCUT2D eigenvalue weighted by Gasteiger charge is 2.18. The number of hydrogen-bond acceptors (Lipinski definition) is 6. The molecule has 0 aromatic heterocycles. The van der Waals surface area contributed by atoms with Gasteiger partial charge in [-0.1, -0.05) is 11.6 Å². The summed E-state index contributed by atoms with van der Waals surface area (Å²) >= 11 is 6.13. The molecule has 0 bridgehead atoms. The van der Waals surface area contributed by atoms with Crippen molar-refractivity contribution in [2.24, 2.45) is 0 Å². The smallest absolute Gasteiger partial charge is 0.341 e. The number of ether oxygens (including phenoxy) is 2. The first-order chi connectivity index (χ1) is 12.4. The van der Waals surface area contributed by atoms with Crippen LogP contribution in [0.3, 0.4) is 0 Å². The predicted molar refractivity (Wildman–Crippen MR) is 95.0 cm³/mol. The zero-order chi connectivity index (χ0) is 19.3. The molecule has 26 heavy (non-hydrogen) atoms.